The van der Waals surface area contributed by atoms with E-state index in [4.69, 9.17) is 9.72 Å². The van der Waals surface area contributed by atoms with E-state index in [1.54, 1.807) is 7.11 Å². The number of nitrogens with zero attached hydrogens (tertiary/aromatic N) is 3. The van der Waals surface area contributed by atoms with Crippen LogP contribution in [0.25, 0.3) is 0 Å². The minimum atomic E-state index is 0.480. The third-order valence-corrected chi connectivity index (χ3v) is 4.75. The van der Waals surface area contributed by atoms with Crippen LogP contribution in [-0.4, -0.2) is 47.7 Å². The average molecular weight is 318 g/mol. The molecule has 5 nitrogen and oxygen atoms in total. The lowest BCUT2D eigenvalue weighted by atomic mass is 10.0. The summed E-state index contributed by atoms with van der Waals surface area (Å²) < 4.78 is 5.55. The fourth-order valence-electron chi connectivity index (χ4n) is 3.42. The first-order chi connectivity index (χ1) is 11.1. The number of piperidine rings is 1. The molecular formula is C18H30N4O. The second-order valence-corrected chi connectivity index (χ2v) is 7.44. The zero-order valence-electron chi connectivity index (χ0n) is 14.9. The smallest absolute Gasteiger partial charge is 0.182 e. The standard InChI is InChI=1S/C18H30N4O/c1-12(2)11-22-9-7-15(8-10-22)20-18-16(23-4)13(3)19-17(21-18)14-5-6-14/h12,14-15H,5-11H2,1-4H3,(H,19,20,21). The number of hydrogen-bond acceptors (Lipinski definition) is 5. The maximum absolute atomic E-state index is 5.55. The van der Waals surface area contributed by atoms with Crippen LogP contribution in [0.4, 0.5) is 5.82 Å². The van der Waals surface area contributed by atoms with Crippen molar-refractivity contribution in [2.75, 3.05) is 32.1 Å². The summed E-state index contributed by atoms with van der Waals surface area (Å²) in [5, 5.41) is 3.64. The van der Waals surface area contributed by atoms with Crippen molar-refractivity contribution in [2.24, 2.45) is 5.92 Å². The molecule has 23 heavy (non-hydrogen) atoms. The molecular weight excluding hydrogens is 288 g/mol. The molecule has 1 aromatic rings. The number of hydrogen-bond donors (Lipinski definition) is 1. The Hall–Kier alpha value is -1.36. The van der Waals surface area contributed by atoms with Crippen LogP contribution in [-0.2, 0) is 0 Å². The summed E-state index contributed by atoms with van der Waals surface area (Å²) in [6.45, 7) is 10.1. The van der Waals surface area contributed by atoms with Crippen LogP contribution >= 0.6 is 0 Å². The van der Waals surface area contributed by atoms with Gasteiger partial charge in [0.05, 0.1) is 12.8 Å². The fraction of sp³-hybridized carbons (Fsp3) is 0.778. The van der Waals surface area contributed by atoms with Gasteiger partial charge in [-0.15, -0.1) is 0 Å². The molecule has 2 aliphatic rings. The van der Waals surface area contributed by atoms with Crippen molar-refractivity contribution in [1.82, 2.24) is 14.9 Å². The number of ether oxygens (including phenoxy) is 1. The van der Waals surface area contributed by atoms with E-state index in [2.05, 4.69) is 29.0 Å². The lowest BCUT2D eigenvalue weighted by Crippen LogP contribution is -2.40. The Morgan fingerprint density at radius 3 is 2.43 bits per heavy atom. The molecule has 2 heterocycles. The van der Waals surface area contributed by atoms with Crippen molar-refractivity contribution in [2.45, 2.75) is 58.4 Å². The Labute approximate surface area is 139 Å². The molecule has 1 saturated heterocycles. The number of rotatable bonds is 6. The second-order valence-electron chi connectivity index (χ2n) is 7.44. The Kier molecular flexibility index (Phi) is 5.05. The van der Waals surface area contributed by atoms with E-state index in [1.165, 1.54) is 19.4 Å². The van der Waals surface area contributed by atoms with Crippen molar-refractivity contribution in [3.8, 4) is 5.75 Å². The number of likely N-dealkylation sites (tertiary alicyclic amines) is 1. The number of methoxy groups -OCH3 is 1. The van der Waals surface area contributed by atoms with Gasteiger partial charge < -0.3 is 15.0 Å². The molecule has 0 amide bonds. The Morgan fingerprint density at radius 1 is 1.17 bits per heavy atom. The van der Waals surface area contributed by atoms with Gasteiger partial charge in [-0.2, -0.15) is 0 Å². The third-order valence-electron chi connectivity index (χ3n) is 4.75. The Morgan fingerprint density at radius 2 is 1.87 bits per heavy atom. The topological polar surface area (TPSA) is 50.3 Å². The van der Waals surface area contributed by atoms with Gasteiger partial charge in [0.2, 0.25) is 0 Å². The largest absolute Gasteiger partial charge is 0.491 e. The highest BCUT2D eigenvalue weighted by Crippen LogP contribution is 2.40. The highest BCUT2D eigenvalue weighted by atomic mass is 16.5. The molecule has 1 saturated carbocycles. The first-order valence-corrected chi connectivity index (χ1v) is 8.98. The monoisotopic (exact) mass is 318 g/mol. The minimum absolute atomic E-state index is 0.480. The van der Waals surface area contributed by atoms with E-state index < -0.39 is 0 Å². The van der Waals surface area contributed by atoms with Gasteiger partial charge in [-0.1, -0.05) is 13.8 Å². The molecule has 0 bridgehead atoms. The zero-order chi connectivity index (χ0) is 16.4. The summed E-state index contributed by atoms with van der Waals surface area (Å²) in [5.41, 5.74) is 0.948. The van der Waals surface area contributed by atoms with Crippen LogP contribution in [0.1, 0.15) is 57.0 Å². The predicted octanol–water partition coefficient (Wildman–Crippen LogP) is 3.20. The molecule has 1 aromatic heterocycles. The predicted molar refractivity (Wildman–Crippen MR) is 93.2 cm³/mol. The summed E-state index contributed by atoms with van der Waals surface area (Å²) in [4.78, 5) is 12.0. The number of aromatic nitrogens is 2. The van der Waals surface area contributed by atoms with Crippen LogP contribution in [0.5, 0.6) is 5.75 Å². The van der Waals surface area contributed by atoms with Crippen LogP contribution in [0.3, 0.4) is 0 Å². The average Bonchev–Trinajstić information content (AvgIpc) is 3.33. The minimum Gasteiger partial charge on any atom is -0.491 e. The van der Waals surface area contributed by atoms with Gasteiger partial charge >= 0.3 is 0 Å². The highest BCUT2D eigenvalue weighted by Gasteiger charge is 2.29. The summed E-state index contributed by atoms with van der Waals surface area (Å²) in [6.07, 6.45) is 4.77. The molecule has 128 valence electrons. The second kappa shape index (κ2) is 7.04. The van der Waals surface area contributed by atoms with Crippen molar-refractivity contribution < 1.29 is 4.74 Å². The maximum atomic E-state index is 5.55. The molecule has 0 radical (unpaired) electrons. The van der Waals surface area contributed by atoms with Gasteiger partial charge in [-0.25, -0.2) is 9.97 Å². The molecule has 2 fully saturated rings. The normalized spacial score (nSPS) is 20.0. The molecule has 0 atom stereocenters. The van der Waals surface area contributed by atoms with Gasteiger partial charge in [0, 0.05) is 31.6 Å². The van der Waals surface area contributed by atoms with Crippen molar-refractivity contribution in [3.63, 3.8) is 0 Å². The quantitative estimate of drug-likeness (QED) is 0.873. The van der Waals surface area contributed by atoms with Crippen molar-refractivity contribution >= 4 is 5.82 Å². The number of aryl methyl sites for hydroxylation is 1. The van der Waals surface area contributed by atoms with Crippen molar-refractivity contribution in [1.29, 1.82) is 0 Å². The molecule has 0 aromatic carbocycles. The first kappa shape index (κ1) is 16.5. The SMILES string of the molecule is COc1c(C)nc(C2CC2)nc1NC1CCN(CC(C)C)CC1. The number of nitrogens with one attached hydrogen (secondary N) is 1. The van der Waals surface area contributed by atoms with E-state index in [9.17, 15) is 0 Å². The molecule has 5 heteroatoms. The van der Waals surface area contributed by atoms with E-state index in [0.717, 1.165) is 54.9 Å². The molecule has 1 N–H and O–H groups in total. The van der Waals surface area contributed by atoms with Crippen LogP contribution in [0.15, 0.2) is 0 Å². The molecule has 1 aliphatic carbocycles. The van der Waals surface area contributed by atoms with E-state index in [-0.39, 0.29) is 0 Å². The van der Waals surface area contributed by atoms with Crippen LogP contribution in [0, 0.1) is 12.8 Å². The summed E-state index contributed by atoms with van der Waals surface area (Å²) in [5.74, 6) is 3.99. The summed E-state index contributed by atoms with van der Waals surface area (Å²) >= 11 is 0. The van der Waals surface area contributed by atoms with E-state index in [0.29, 0.717) is 12.0 Å². The Bertz CT molecular complexity index is 534. The molecule has 1 aliphatic heterocycles. The summed E-state index contributed by atoms with van der Waals surface area (Å²) in [6, 6.07) is 0.480. The molecule has 3 rings (SSSR count). The van der Waals surface area contributed by atoms with Gasteiger partial charge in [-0.05, 0) is 38.5 Å². The first-order valence-electron chi connectivity index (χ1n) is 8.98. The fourth-order valence-corrected chi connectivity index (χ4v) is 3.42. The summed E-state index contributed by atoms with van der Waals surface area (Å²) in [7, 11) is 1.71. The number of anilines is 1. The van der Waals surface area contributed by atoms with Gasteiger partial charge in [-0.3, -0.25) is 0 Å². The van der Waals surface area contributed by atoms with Crippen molar-refractivity contribution in [3.05, 3.63) is 11.5 Å². The molecule has 0 spiro atoms. The van der Waals surface area contributed by atoms with Gasteiger partial charge in [0.15, 0.2) is 11.6 Å². The third kappa shape index (κ3) is 4.14. The highest BCUT2D eigenvalue weighted by molar-refractivity contribution is 5.53. The van der Waals surface area contributed by atoms with Crippen LogP contribution < -0.4 is 10.1 Å². The van der Waals surface area contributed by atoms with Gasteiger partial charge in [0.1, 0.15) is 5.82 Å². The van der Waals surface area contributed by atoms with Gasteiger partial charge in [0.25, 0.3) is 0 Å². The molecule has 0 unspecified atom stereocenters. The van der Waals surface area contributed by atoms with E-state index >= 15 is 0 Å². The lowest BCUT2D eigenvalue weighted by molar-refractivity contribution is 0.197. The maximum Gasteiger partial charge on any atom is 0.182 e. The van der Waals surface area contributed by atoms with Crippen LogP contribution in [0.2, 0.25) is 0 Å². The lowest BCUT2D eigenvalue weighted by Gasteiger charge is -2.33. The zero-order valence-corrected chi connectivity index (χ0v) is 14.9. The van der Waals surface area contributed by atoms with E-state index in [1.807, 2.05) is 6.92 Å². The Balaban J connectivity index is 1.65.